The standard InChI is InChI=1S/C2Cl.Mg/c1-2-3;. The second-order valence-electron chi connectivity index (χ2n) is 0.0945. The molecule has 0 aliphatic rings. The third kappa shape index (κ3) is 18.0. The Labute approximate surface area is 46.7 Å². The molecule has 0 nitrogen and oxygen atoms in total. The molecule has 0 fully saturated rings. The van der Waals surface area contributed by atoms with Crippen molar-refractivity contribution in [3.8, 4) is 5.38 Å². The van der Waals surface area contributed by atoms with E-state index in [2.05, 4.69) is 11.6 Å². The largest absolute Gasteiger partial charge is 0.0219 e. The van der Waals surface area contributed by atoms with E-state index in [9.17, 15) is 0 Å². The number of hydrogen-bond donors (Lipinski definition) is 0. The van der Waals surface area contributed by atoms with Crippen molar-refractivity contribution in [3.63, 3.8) is 0 Å². The predicted molar refractivity (Wildman–Crippen MR) is 18.7 cm³/mol. The molecule has 0 unspecified atom stereocenters. The minimum Gasteiger partial charge on any atom is -0.0219 e. The second kappa shape index (κ2) is 9.48. The van der Waals surface area contributed by atoms with Gasteiger partial charge in [0.05, 0.1) is 0 Å². The zero-order chi connectivity index (χ0) is 2.71. The van der Waals surface area contributed by atoms with Crippen LogP contribution in [0.3, 0.4) is 0 Å². The first-order valence-corrected chi connectivity index (χ1v) is 0.817. The lowest BCUT2D eigenvalue weighted by Crippen LogP contribution is -0.939. The van der Waals surface area contributed by atoms with Gasteiger partial charge in [0, 0.05) is 34.9 Å². The molecule has 0 aromatic rings. The topological polar surface area (TPSA) is 0 Å². The molecule has 4 heavy (non-hydrogen) atoms. The maximum atomic E-state index is 5.72. The molecule has 0 saturated heterocycles. The Morgan fingerprint density at radius 2 is 1.75 bits per heavy atom. The molecule has 0 saturated carbocycles. The minimum absolute atomic E-state index is 0. The van der Waals surface area contributed by atoms with Crippen molar-refractivity contribution in [2.24, 2.45) is 0 Å². The highest BCUT2D eigenvalue weighted by molar-refractivity contribution is 6.29. The van der Waals surface area contributed by atoms with E-state index in [1.165, 1.54) is 5.38 Å². The summed E-state index contributed by atoms with van der Waals surface area (Å²) in [5, 5.41) is 1.47. The molecule has 0 aliphatic carbocycles. The highest BCUT2D eigenvalue weighted by Gasteiger charge is 1.16. The summed E-state index contributed by atoms with van der Waals surface area (Å²) in [4.78, 5) is 0. The van der Waals surface area contributed by atoms with Crippen LogP contribution >= 0.6 is 11.6 Å². The number of hydrogen-bond acceptors (Lipinski definition) is 0. The van der Waals surface area contributed by atoms with E-state index in [1.54, 1.807) is 0 Å². The molecule has 0 bridgehead atoms. The summed E-state index contributed by atoms with van der Waals surface area (Å²) in [5.41, 5.74) is 0. The second-order valence-corrected chi connectivity index (χ2v) is 0.283. The highest BCUT2D eigenvalue weighted by atomic mass is 35.5. The van der Waals surface area contributed by atoms with Gasteiger partial charge in [0.15, 0.2) is 0 Å². The molecule has 0 spiro atoms. The Kier molecular flexibility index (Phi) is 20.9. The van der Waals surface area contributed by atoms with Gasteiger partial charge in [-0.3, -0.25) is 0 Å². The maximum Gasteiger partial charge on any atom is 0.0184 e. The summed E-state index contributed by atoms with van der Waals surface area (Å²) in [6.07, 6.45) is 5.72. The zero-order valence-electron chi connectivity index (χ0n) is 2.09. The van der Waals surface area contributed by atoms with E-state index in [1.807, 2.05) is 0 Å². The Hall–Kier alpha value is 0.616. The van der Waals surface area contributed by atoms with Gasteiger partial charge in [-0.2, -0.15) is 0 Å². The summed E-state index contributed by atoms with van der Waals surface area (Å²) in [5.74, 6) is 0. The normalized spacial score (nSPS) is 2.00. The average Bonchev–Trinajstić information content (AvgIpc) is 0.918. The molecule has 2 heteroatoms. The Morgan fingerprint density at radius 1 is 1.75 bits per heavy atom. The Balaban J connectivity index is 0. The third-order valence-electron chi connectivity index (χ3n) is 0. The van der Waals surface area contributed by atoms with Crippen LogP contribution in [0.1, 0.15) is 0 Å². The van der Waals surface area contributed by atoms with Crippen LogP contribution in [0.4, 0.5) is 0 Å². The molecule has 3 radical (unpaired) electrons. The number of halogens is 1. The molecular weight excluding hydrogens is 83.8 g/mol. The van der Waals surface area contributed by atoms with Gasteiger partial charge in [-0.1, -0.05) is 0 Å². The molecule has 0 N–H and O–H groups in total. The molecule has 0 aliphatic heterocycles. The first-order chi connectivity index (χ1) is 1.41. The highest BCUT2D eigenvalue weighted by Crippen LogP contribution is 1.49. The van der Waals surface area contributed by atoms with Gasteiger partial charge < -0.3 is 0 Å². The monoisotopic (exact) mass is 83.0 g/mol. The average molecular weight is 83.8 g/mol. The van der Waals surface area contributed by atoms with Gasteiger partial charge in [0.25, 0.3) is 0 Å². The van der Waals surface area contributed by atoms with Crippen molar-refractivity contribution in [1.29, 1.82) is 0 Å². The van der Waals surface area contributed by atoms with E-state index in [0.717, 1.165) is 0 Å². The third-order valence-corrected chi connectivity index (χ3v) is 0. The Morgan fingerprint density at radius 3 is 1.75 bits per heavy atom. The lowest BCUT2D eigenvalue weighted by atomic mass is 11.4. The first-order valence-electron chi connectivity index (χ1n) is 0.439. The van der Waals surface area contributed by atoms with Crippen LogP contribution in [-0.4, -0.2) is 23.1 Å². The van der Waals surface area contributed by atoms with Crippen LogP contribution in [0.5, 0.6) is 0 Å². The smallest absolute Gasteiger partial charge is 0.0184 e. The van der Waals surface area contributed by atoms with Gasteiger partial charge >= 0.3 is 0 Å². The van der Waals surface area contributed by atoms with Crippen LogP contribution in [0.15, 0.2) is 0 Å². The van der Waals surface area contributed by atoms with E-state index in [0.29, 0.717) is 0 Å². The van der Waals surface area contributed by atoms with E-state index in [-0.39, 0.29) is 23.1 Å². The molecule has 0 rings (SSSR count). The van der Waals surface area contributed by atoms with Crippen molar-refractivity contribution in [2.45, 2.75) is 0 Å². The first kappa shape index (κ1) is 8.82. The van der Waals surface area contributed by atoms with Crippen LogP contribution in [0.25, 0.3) is 0 Å². The summed E-state index contributed by atoms with van der Waals surface area (Å²) in [6.45, 7) is 0. The van der Waals surface area contributed by atoms with Crippen molar-refractivity contribution in [3.05, 3.63) is 6.42 Å². The van der Waals surface area contributed by atoms with Crippen LogP contribution < -0.4 is 0 Å². The lowest BCUT2D eigenvalue weighted by molar-refractivity contribution is 2.80. The maximum absolute atomic E-state index is 5.72. The van der Waals surface area contributed by atoms with Crippen LogP contribution in [-0.2, 0) is 0 Å². The van der Waals surface area contributed by atoms with Crippen molar-refractivity contribution < 1.29 is 0 Å². The van der Waals surface area contributed by atoms with E-state index < -0.39 is 0 Å². The fourth-order valence-corrected chi connectivity index (χ4v) is 0. The molecule has 0 aromatic carbocycles. The zero-order valence-corrected chi connectivity index (χ0v) is 4.26. The van der Waals surface area contributed by atoms with Gasteiger partial charge in [-0.25, -0.2) is 0 Å². The minimum atomic E-state index is 0. The summed E-state index contributed by atoms with van der Waals surface area (Å²) in [7, 11) is 0. The molecular formula is C2ClMg. The van der Waals surface area contributed by atoms with Gasteiger partial charge in [0.2, 0.25) is 0 Å². The molecule has 0 aromatic heterocycles. The summed E-state index contributed by atoms with van der Waals surface area (Å²) in [6, 6.07) is 0. The fraction of sp³-hybridized carbons (Fsp3) is 0. The van der Waals surface area contributed by atoms with Gasteiger partial charge in [-0.15, -0.1) is 0 Å². The van der Waals surface area contributed by atoms with E-state index in [4.69, 9.17) is 6.42 Å². The van der Waals surface area contributed by atoms with E-state index >= 15 is 0 Å². The SMILES string of the molecule is [C]#CCl.[Mg]. The van der Waals surface area contributed by atoms with Crippen molar-refractivity contribution in [2.75, 3.05) is 0 Å². The fourth-order valence-electron chi connectivity index (χ4n) is 0. The lowest BCUT2D eigenvalue weighted by Gasteiger charge is -1.15. The molecule has 0 heterocycles. The van der Waals surface area contributed by atoms with Crippen molar-refractivity contribution in [1.82, 2.24) is 0 Å². The molecule has 0 atom stereocenters. The van der Waals surface area contributed by atoms with Gasteiger partial charge in [-0.05, 0) is 11.6 Å². The van der Waals surface area contributed by atoms with Crippen LogP contribution in [0, 0.1) is 11.8 Å². The summed E-state index contributed by atoms with van der Waals surface area (Å²) < 4.78 is 0. The van der Waals surface area contributed by atoms with Crippen LogP contribution in [0.2, 0.25) is 0 Å². The Bertz CT molecular complexity index is 27.5. The van der Waals surface area contributed by atoms with Gasteiger partial charge in [0.1, 0.15) is 0 Å². The molecule has 17 valence electrons. The number of rotatable bonds is 0. The predicted octanol–water partition coefficient (Wildman–Crippen LogP) is 0.392. The quantitative estimate of drug-likeness (QED) is 0.294. The summed E-state index contributed by atoms with van der Waals surface area (Å²) >= 11 is 4.42. The molecule has 0 amide bonds. The van der Waals surface area contributed by atoms with Crippen molar-refractivity contribution >= 4 is 34.7 Å².